The highest BCUT2D eigenvalue weighted by atomic mass is 16.5. The normalized spacial score (nSPS) is 10.8. The Balaban J connectivity index is 1.89. The van der Waals surface area contributed by atoms with Gasteiger partial charge >= 0.3 is 5.97 Å². The van der Waals surface area contributed by atoms with E-state index >= 15 is 0 Å². The van der Waals surface area contributed by atoms with E-state index in [1.807, 2.05) is 12.1 Å². The molecule has 0 saturated heterocycles. The zero-order chi connectivity index (χ0) is 22.8. The van der Waals surface area contributed by atoms with Crippen LogP contribution in [0.15, 0.2) is 42.5 Å². The Kier molecular flexibility index (Phi) is 5.55. The largest absolute Gasteiger partial charge is 0.497 e. The quantitative estimate of drug-likeness (QED) is 0.447. The van der Waals surface area contributed by atoms with Crippen LogP contribution in [-0.4, -0.2) is 54.5 Å². The molecule has 0 unspecified atom stereocenters. The Hall–Kier alpha value is -4.27. The predicted molar refractivity (Wildman–Crippen MR) is 118 cm³/mol. The molecule has 0 saturated carbocycles. The summed E-state index contributed by atoms with van der Waals surface area (Å²) in [6.45, 7) is 0. The van der Waals surface area contributed by atoms with Gasteiger partial charge in [0.1, 0.15) is 11.6 Å². The minimum Gasteiger partial charge on any atom is -0.497 e. The second-order valence-corrected chi connectivity index (χ2v) is 6.79. The number of hydrogen-bond acceptors (Lipinski definition) is 7. The number of aromatic nitrogens is 3. The summed E-state index contributed by atoms with van der Waals surface area (Å²) in [6, 6.07) is 12.2. The fraction of sp³-hybridized carbons (Fsp3) is 0.174. The molecule has 0 amide bonds. The van der Waals surface area contributed by atoms with Crippen molar-refractivity contribution in [3.05, 3.63) is 48.0 Å². The van der Waals surface area contributed by atoms with Crippen molar-refractivity contribution in [3.63, 3.8) is 0 Å². The second kappa shape index (κ2) is 8.46. The number of carbonyl (C=O) groups is 1. The number of nitrogens with one attached hydrogen (secondary N) is 1. The first-order valence-electron chi connectivity index (χ1n) is 9.58. The molecule has 4 rings (SSSR count). The molecule has 0 aliphatic heterocycles. The van der Waals surface area contributed by atoms with Crippen molar-refractivity contribution in [1.82, 2.24) is 15.0 Å². The summed E-state index contributed by atoms with van der Waals surface area (Å²) in [5.74, 6) is 1.40. The highest BCUT2D eigenvalue weighted by Gasteiger charge is 2.20. The van der Waals surface area contributed by atoms with Gasteiger partial charge in [0.05, 0.1) is 45.2 Å². The van der Waals surface area contributed by atoms with Gasteiger partial charge in [-0.2, -0.15) is 0 Å². The van der Waals surface area contributed by atoms with E-state index in [2.05, 4.69) is 15.0 Å². The van der Waals surface area contributed by atoms with E-state index < -0.39 is 5.97 Å². The number of benzene rings is 2. The summed E-state index contributed by atoms with van der Waals surface area (Å²) in [5, 5.41) is 9.82. The Morgan fingerprint density at radius 1 is 0.844 bits per heavy atom. The number of ether oxygens (including phenoxy) is 4. The number of hydrogen-bond donors (Lipinski definition) is 2. The van der Waals surface area contributed by atoms with Crippen LogP contribution in [0.2, 0.25) is 0 Å². The molecule has 2 aromatic carbocycles. The maximum atomic E-state index is 12.0. The van der Waals surface area contributed by atoms with Crippen molar-refractivity contribution >= 4 is 17.1 Å². The Morgan fingerprint density at radius 3 is 2.03 bits per heavy atom. The summed E-state index contributed by atoms with van der Waals surface area (Å²) < 4.78 is 21.4. The third kappa shape index (κ3) is 3.64. The molecule has 0 atom stereocenters. The summed E-state index contributed by atoms with van der Waals surface area (Å²) in [6.07, 6.45) is 0. The number of carboxylic acid groups (broad SMARTS) is 1. The van der Waals surface area contributed by atoms with Crippen LogP contribution in [0.5, 0.6) is 23.0 Å². The lowest BCUT2D eigenvalue weighted by molar-refractivity contribution is 0.0699. The maximum absolute atomic E-state index is 12.0. The lowest BCUT2D eigenvalue weighted by Gasteiger charge is -2.14. The van der Waals surface area contributed by atoms with E-state index in [4.69, 9.17) is 18.9 Å². The molecule has 2 aromatic heterocycles. The molecule has 0 aliphatic carbocycles. The molecular weight excluding hydrogens is 414 g/mol. The van der Waals surface area contributed by atoms with Gasteiger partial charge in [-0.15, -0.1) is 0 Å². The first kappa shape index (κ1) is 21.0. The molecule has 0 bridgehead atoms. The van der Waals surface area contributed by atoms with Gasteiger partial charge in [0, 0.05) is 11.1 Å². The summed E-state index contributed by atoms with van der Waals surface area (Å²) in [7, 11) is 6.12. The first-order chi connectivity index (χ1) is 15.5. The molecule has 9 nitrogen and oxygen atoms in total. The standard InChI is InChI=1S/C23H21N3O6/c1-29-14-7-5-12(6-8-14)21-25-19-15(23(27)28)11-16(24-22(19)26-21)13-9-17(30-2)20(32-4)18(10-13)31-3/h5-11H,1-4H3,(H,27,28)(H,24,25,26). The van der Waals surface area contributed by atoms with Crippen LogP contribution in [0.4, 0.5) is 0 Å². The molecular formula is C23H21N3O6. The Bertz CT molecular complexity index is 1270. The first-order valence-corrected chi connectivity index (χ1v) is 9.58. The monoisotopic (exact) mass is 435 g/mol. The van der Waals surface area contributed by atoms with Crippen molar-refractivity contribution in [2.75, 3.05) is 28.4 Å². The van der Waals surface area contributed by atoms with Crippen LogP contribution in [0.25, 0.3) is 33.8 Å². The van der Waals surface area contributed by atoms with Crippen molar-refractivity contribution in [1.29, 1.82) is 0 Å². The number of aromatic carboxylic acids is 1. The summed E-state index contributed by atoms with van der Waals surface area (Å²) in [4.78, 5) is 24.2. The Labute approximate surface area is 183 Å². The molecule has 4 aromatic rings. The number of methoxy groups -OCH3 is 4. The number of pyridine rings is 1. The minimum atomic E-state index is -1.10. The molecule has 164 valence electrons. The van der Waals surface area contributed by atoms with Crippen molar-refractivity contribution in [2.24, 2.45) is 0 Å². The van der Waals surface area contributed by atoms with Crippen LogP contribution >= 0.6 is 0 Å². The van der Waals surface area contributed by atoms with Gasteiger partial charge in [0.2, 0.25) is 5.75 Å². The van der Waals surface area contributed by atoms with Crippen LogP contribution in [0.1, 0.15) is 10.4 Å². The van der Waals surface area contributed by atoms with Gasteiger partial charge in [0.15, 0.2) is 17.1 Å². The van der Waals surface area contributed by atoms with E-state index in [1.54, 1.807) is 31.4 Å². The molecule has 0 fully saturated rings. The van der Waals surface area contributed by atoms with Gasteiger partial charge in [-0.25, -0.2) is 14.8 Å². The van der Waals surface area contributed by atoms with Crippen molar-refractivity contribution in [2.45, 2.75) is 0 Å². The Morgan fingerprint density at radius 2 is 1.50 bits per heavy atom. The number of imidazole rings is 1. The third-order valence-corrected chi connectivity index (χ3v) is 5.02. The fourth-order valence-electron chi connectivity index (χ4n) is 3.42. The topological polar surface area (TPSA) is 116 Å². The number of nitrogens with zero attached hydrogens (tertiary/aromatic N) is 2. The maximum Gasteiger partial charge on any atom is 0.338 e. The van der Waals surface area contributed by atoms with Gasteiger partial charge in [0.25, 0.3) is 0 Å². The minimum absolute atomic E-state index is 0.0472. The van der Waals surface area contributed by atoms with E-state index in [0.717, 1.165) is 5.56 Å². The molecule has 2 heterocycles. The number of fused-ring (bicyclic) bond motifs is 1. The van der Waals surface area contributed by atoms with E-state index in [9.17, 15) is 9.90 Å². The summed E-state index contributed by atoms with van der Waals surface area (Å²) >= 11 is 0. The average molecular weight is 435 g/mol. The smallest absolute Gasteiger partial charge is 0.338 e. The molecule has 0 spiro atoms. The van der Waals surface area contributed by atoms with Crippen molar-refractivity contribution < 1.29 is 28.8 Å². The average Bonchev–Trinajstić information content (AvgIpc) is 3.26. The highest BCUT2D eigenvalue weighted by molar-refractivity contribution is 6.02. The molecule has 32 heavy (non-hydrogen) atoms. The zero-order valence-corrected chi connectivity index (χ0v) is 17.9. The number of aromatic amines is 1. The van der Waals surface area contributed by atoms with Crippen LogP contribution in [-0.2, 0) is 0 Å². The molecule has 2 N–H and O–H groups in total. The fourth-order valence-corrected chi connectivity index (χ4v) is 3.42. The van der Waals surface area contributed by atoms with E-state index in [1.165, 1.54) is 27.4 Å². The highest BCUT2D eigenvalue weighted by Crippen LogP contribution is 2.41. The SMILES string of the molecule is COc1ccc(-c2nc3nc(-c4cc(OC)c(OC)c(OC)c4)cc(C(=O)O)c3[nH]2)cc1. The molecule has 0 radical (unpaired) electrons. The van der Waals surface area contributed by atoms with Gasteiger partial charge in [-0.1, -0.05) is 0 Å². The molecule has 9 heteroatoms. The van der Waals surface area contributed by atoms with E-state index in [-0.39, 0.29) is 11.2 Å². The van der Waals surface area contributed by atoms with Crippen LogP contribution < -0.4 is 18.9 Å². The zero-order valence-electron chi connectivity index (χ0n) is 17.9. The van der Waals surface area contributed by atoms with Gasteiger partial charge in [-0.05, 0) is 42.5 Å². The van der Waals surface area contributed by atoms with E-state index in [0.29, 0.717) is 45.6 Å². The van der Waals surface area contributed by atoms with Gasteiger partial charge in [-0.3, -0.25) is 0 Å². The predicted octanol–water partition coefficient (Wildman–Crippen LogP) is 4.02. The second-order valence-electron chi connectivity index (χ2n) is 6.79. The third-order valence-electron chi connectivity index (χ3n) is 5.02. The molecule has 0 aliphatic rings. The van der Waals surface area contributed by atoms with Gasteiger partial charge < -0.3 is 29.0 Å². The van der Waals surface area contributed by atoms with Crippen molar-refractivity contribution in [3.8, 4) is 45.6 Å². The lowest BCUT2D eigenvalue weighted by atomic mass is 10.1. The van der Waals surface area contributed by atoms with Crippen LogP contribution in [0.3, 0.4) is 0 Å². The lowest BCUT2D eigenvalue weighted by Crippen LogP contribution is -2.01. The summed E-state index contributed by atoms with van der Waals surface area (Å²) in [5.41, 5.74) is 2.43. The number of H-pyrrole nitrogens is 1. The number of carboxylic acids is 1. The van der Waals surface area contributed by atoms with Crippen LogP contribution in [0, 0.1) is 0 Å². The number of rotatable bonds is 7.